The van der Waals surface area contributed by atoms with Gasteiger partial charge in [0.25, 0.3) is 0 Å². The molecule has 1 aliphatic rings. The van der Waals surface area contributed by atoms with E-state index >= 15 is 0 Å². The molecule has 0 aliphatic carbocycles. The van der Waals surface area contributed by atoms with Crippen molar-refractivity contribution in [3.8, 4) is 0 Å². The number of nitrogens with zero attached hydrogens (tertiary/aromatic N) is 1. The Balaban J connectivity index is 1.96. The molecule has 21 heavy (non-hydrogen) atoms. The third kappa shape index (κ3) is 4.41. The largest absolute Gasteiger partial charge is 0.389 e. The first-order valence-corrected chi connectivity index (χ1v) is 8.36. The lowest BCUT2D eigenvalue weighted by molar-refractivity contribution is 0.108. The third-order valence-corrected chi connectivity index (χ3v) is 5.13. The fourth-order valence-corrected chi connectivity index (χ4v) is 3.39. The van der Waals surface area contributed by atoms with Crippen LogP contribution in [0.3, 0.4) is 0 Å². The Labute approximate surface area is 138 Å². The van der Waals surface area contributed by atoms with Crippen molar-refractivity contribution in [3.05, 3.63) is 34.3 Å². The zero-order chi connectivity index (χ0) is 15.6. The van der Waals surface area contributed by atoms with Gasteiger partial charge in [-0.3, -0.25) is 4.90 Å². The Hall–Kier alpha value is -0.640. The van der Waals surface area contributed by atoms with Crippen molar-refractivity contribution in [2.75, 3.05) is 13.1 Å². The second-order valence-corrected chi connectivity index (χ2v) is 7.93. The van der Waals surface area contributed by atoms with Gasteiger partial charge in [-0.1, -0.05) is 56.7 Å². The fraction of sp³-hybridized carbons (Fsp3) is 0.588. The van der Waals surface area contributed by atoms with E-state index in [0.29, 0.717) is 10.4 Å². The van der Waals surface area contributed by atoms with Gasteiger partial charge in [0.05, 0.1) is 0 Å². The molecular formula is C17H25ClN2S. The second kappa shape index (κ2) is 6.64. The zero-order valence-electron chi connectivity index (χ0n) is 13.2. The van der Waals surface area contributed by atoms with E-state index in [2.05, 4.69) is 25.7 Å². The molecule has 1 aliphatic heterocycles. The van der Waals surface area contributed by atoms with E-state index in [9.17, 15) is 0 Å². The summed E-state index contributed by atoms with van der Waals surface area (Å²) in [7, 11) is 0. The van der Waals surface area contributed by atoms with Crippen LogP contribution >= 0.6 is 23.8 Å². The molecule has 0 radical (unpaired) electrons. The molecule has 1 saturated heterocycles. The monoisotopic (exact) mass is 324 g/mol. The van der Waals surface area contributed by atoms with E-state index in [1.807, 2.05) is 18.2 Å². The average molecular weight is 325 g/mol. The minimum absolute atomic E-state index is 0.398. The minimum atomic E-state index is 0.398. The molecule has 0 bridgehead atoms. The van der Waals surface area contributed by atoms with Crippen molar-refractivity contribution in [1.29, 1.82) is 0 Å². The number of hydrogen-bond donors (Lipinski definition) is 1. The lowest BCUT2D eigenvalue weighted by atomic mass is 9.75. The zero-order valence-corrected chi connectivity index (χ0v) is 14.7. The van der Waals surface area contributed by atoms with Crippen LogP contribution in [-0.2, 0) is 6.54 Å². The van der Waals surface area contributed by atoms with Crippen molar-refractivity contribution < 1.29 is 0 Å². The Morgan fingerprint density at radius 3 is 2.43 bits per heavy atom. The average Bonchev–Trinajstić information content (AvgIpc) is 2.40. The van der Waals surface area contributed by atoms with Gasteiger partial charge < -0.3 is 5.73 Å². The molecule has 1 aromatic rings. The van der Waals surface area contributed by atoms with Crippen molar-refractivity contribution in [2.45, 2.75) is 40.2 Å². The standard InChI is InChI=1S/C17H25ClN2S/c1-17(2,3)14-6-8-20(9-7-14)11-13-5-4-12(16(19)21)10-15(13)18/h4-5,10,14H,6-9,11H2,1-3H3,(H2,19,21). The molecule has 0 saturated carbocycles. The smallest absolute Gasteiger partial charge is 0.104 e. The molecule has 116 valence electrons. The quantitative estimate of drug-likeness (QED) is 0.843. The normalized spacial score (nSPS) is 17.9. The van der Waals surface area contributed by atoms with Crippen LogP contribution in [0.2, 0.25) is 5.02 Å². The highest BCUT2D eigenvalue weighted by Gasteiger charge is 2.28. The maximum atomic E-state index is 6.35. The summed E-state index contributed by atoms with van der Waals surface area (Å²) >= 11 is 11.3. The molecule has 4 heteroatoms. The molecule has 2 nitrogen and oxygen atoms in total. The van der Waals surface area contributed by atoms with Gasteiger partial charge in [-0.05, 0) is 48.9 Å². The summed E-state index contributed by atoms with van der Waals surface area (Å²) in [5.41, 5.74) is 8.05. The molecule has 0 amide bonds. The molecule has 0 unspecified atom stereocenters. The van der Waals surface area contributed by atoms with Gasteiger partial charge in [-0.25, -0.2) is 0 Å². The summed E-state index contributed by atoms with van der Waals surface area (Å²) in [5, 5.41) is 0.762. The predicted molar refractivity (Wildman–Crippen MR) is 94.8 cm³/mol. The molecule has 2 rings (SSSR count). The summed E-state index contributed by atoms with van der Waals surface area (Å²) in [4.78, 5) is 2.89. The Morgan fingerprint density at radius 2 is 1.95 bits per heavy atom. The number of likely N-dealkylation sites (tertiary alicyclic amines) is 1. The maximum absolute atomic E-state index is 6.35. The van der Waals surface area contributed by atoms with E-state index in [1.54, 1.807) is 0 Å². The Kier molecular flexibility index (Phi) is 5.29. The predicted octanol–water partition coefficient (Wildman–Crippen LogP) is 4.23. The molecule has 2 N–H and O–H groups in total. The highest BCUT2D eigenvalue weighted by atomic mass is 35.5. The molecule has 1 fully saturated rings. The second-order valence-electron chi connectivity index (χ2n) is 7.09. The van der Waals surface area contributed by atoms with Gasteiger partial charge in [0, 0.05) is 17.1 Å². The fourth-order valence-electron chi connectivity index (χ4n) is 3.03. The number of halogens is 1. The lowest BCUT2D eigenvalue weighted by Crippen LogP contribution is -2.37. The number of benzene rings is 1. The lowest BCUT2D eigenvalue weighted by Gasteiger charge is -2.38. The Morgan fingerprint density at radius 1 is 1.33 bits per heavy atom. The van der Waals surface area contributed by atoms with E-state index in [-0.39, 0.29) is 0 Å². The van der Waals surface area contributed by atoms with E-state index in [4.69, 9.17) is 29.6 Å². The van der Waals surface area contributed by atoms with Crippen LogP contribution in [0.15, 0.2) is 18.2 Å². The SMILES string of the molecule is CC(C)(C)C1CCN(Cc2ccc(C(N)=S)cc2Cl)CC1. The van der Waals surface area contributed by atoms with Crippen LogP contribution in [0.4, 0.5) is 0 Å². The van der Waals surface area contributed by atoms with E-state index in [1.165, 1.54) is 12.8 Å². The number of nitrogens with two attached hydrogens (primary N) is 1. The van der Waals surface area contributed by atoms with Gasteiger partial charge >= 0.3 is 0 Å². The van der Waals surface area contributed by atoms with Crippen LogP contribution in [0, 0.1) is 11.3 Å². The highest BCUT2D eigenvalue weighted by Crippen LogP contribution is 2.34. The molecule has 1 heterocycles. The number of piperidine rings is 1. The summed E-state index contributed by atoms with van der Waals surface area (Å²) in [6.07, 6.45) is 2.54. The Bertz CT molecular complexity index is 514. The molecular weight excluding hydrogens is 300 g/mol. The summed E-state index contributed by atoms with van der Waals surface area (Å²) in [6, 6.07) is 5.89. The van der Waals surface area contributed by atoms with Crippen LogP contribution < -0.4 is 5.73 Å². The van der Waals surface area contributed by atoms with Crippen LogP contribution in [-0.4, -0.2) is 23.0 Å². The van der Waals surface area contributed by atoms with Crippen molar-refractivity contribution >= 4 is 28.8 Å². The number of rotatable bonds is 3. The maximum Gasteiger partial charge on any atom is 0.104 e. The van der Waals surface area contributed by atoms with E-state index < -0.39 is 0 Å². The van der Waals surface area contributed by atoms with Crippen molar-refractivity contribution in [3.63, 3.8) is 0 Å². The number of thiocarbonyl (C=S) groups is 1. The van der Waals surface area contributed by atoms with Crippen molar-refractivity contribution in [2.24, 2.45) is 17.1 Å². The van der Waals surface area contributed by atoms with Gasteiger partial charge in [-0.15, -0.1) is 0 Å². The first-order chi connectivity index (χ1) is 9.77. The van der Waals surface area contributed by atoms with Crippen LogP contribution in [0.1, 0.15) is 44.7 Å². The summed E-state index contributed by atoms with van der Waals surface area (Å²) in [5.74, 6) is 0.821. The molecule has 1 aromatic carbocycles. The minimum Gasteiger partial charge on any atom is -0.389 e. The van der Waals surface area contributed by atoms with E-state index in [0.717, 1.165) is 41.7 Å². The molecule has 0 spiro atoms. The number of hydrogen-bond acceptors (Lipinski definition) is 2. The first kappa shape index (κ1) is 16.7. The summed E-state index contributed by atoms with van der Waals surface area (Å²) in [6.45, 7) is 10.2. The highest BCUT2D eigenvalue weighted by molar-refractivity contribution is 7.80. The summed E-state index contributed by atoms with van der Waals surface area (Å²) < 4.78 is 0. The van der Waals surface area contributed by atoms with Gasteiger partial charge in [0.15, 0.2) is 0 Å². The van der Waals surface area contributed by atoms with Crippen LogP contribution in [0.25, 0.3) is 0 Å². The first-order valence-electron chi connectivity index (χ1n) is 7.58. The van der Waals surface area contributed by atoms with Gasteiger partial charge in [0.1, 0.15) is 4.99 Å². The molecule has 0 aromatic heterocycles. The topological polar surface area (TPSA) is 29.3 Å². The third-order valence-electron chi connectivity index (χ3n) is 4.54. The molecule has 0 atom stereocenters. The van der Waals surface area contributed by atoms with Crippen molar-refractivity contribution in [1.82, 2.24) is 4.90 Å². The van der Waals surface area contributed by atoms with Crippen LogP contribution in [0.5, 0.6) is 0 Å². The van der Waals surface area contributed by atoms with Gasteiger partial charge in [-0.2, -0.15) is 0 Å². The van der Waals surface area contributed by atoms with Gasteiger partial charge in [0.2, 0.25) is 0 Å².